The third-order valence-corrected chi connectivity index (χ3v) is 3.55. The summed E-state index contributed by atoms with van der Waals surface area (Å²) in [4.78, 5) is 25.7. The molecule has 1 aromatic rings. The zero-order valence-corrected chi connectivity index (χ0v) is 12.3. The fourth-order valence-electron chi connectivity index (χ4n) is 2.49. The van der Waals surface area contributed by atoms with Gasteiger partial charge in [0.1, 0.15) is 6.04 Å². The summed E-state index contributed by atoms with van der Waals surface area (Å²) in [5.41, 5.74) is 1.06. The predicted octanol–water partition coefficient (Wildman–Crippen LogP) is 0.336. The molecule has 110 valence electrons. The number of piperazine rings is 1. The fraction of sp³-hybridized carbons (Fsp3) is 0.643. The predicted molar refractivity (Wildman–Crippen MR) is 74.9 cm³/mol. The lowest BCUT2D eigenvalue weighted by molar-refractivity contribution is -0.144. The van der Waals surface area contributed by atoms with Gasteiger partial charge in [0, 0.05) is 31.9 Å². The minimum absolute atomic E-state index is 0.0282. The van der Waals surface area contributed by atoms with Crippen LogP contribution in [0.2, 0.25) is 0 Å². The van der Waals surface area contributed by atoms with Crippen LogP contribution in [0, 0.1) is 5.92 Å². The number of rotatable bonds is 5. The summed E-state index contributed by atoms with van der Waals surface area (Å²) in [5, 5.41) is 6.89. The number of hydrogen-bond acceptors (Lipinski definition) is 3. The summed E-state index contributed by atoms with van der Waals surface area (Å²) in [6.45, 7) is 4.81. The zero-order valence-electron chi connectivity index (χ0n) is 12.3. The van der Waals surface area contributed by atoms with E-state index < -0.39 is 0 Å². The van der Waals surface area contributed by atoms with Crippen LogP contribution in [0.4, 0.5) is 0 Å². The molecule has 2 rings (SSSR count). The number of amides is 2. The van der Waals surface area contributed by atoms with Crippen LogP contribution in [0.1, 0.15) is 26.0 Å². The summed E-state index contributed by atoms with van der Waals surface area (Å²) < 4.78 is 1.79. The number of aromatic nitrogens is 2. The number of nitrogens with zero attached hydrogens (tertiary/aromatic N) is 3. The van der Waals surface area contributed by atoms with Gasteiger partial charge in [0.2, 0.25) is 11.8 Å². The lowest BCUT2D eigenvalue weighted by Gasteiger charge is -2.33. The third-order valence-electron chi connectivity index (χ3n) is 3.55. The SMILES string of the molecule is CC(C)CC1NC(=O)CN(CCc2ccnn2C)C1=O. The van der Waals surface area contributed by atoms with Crippen molar-refractivity contribution in [2.45, 2.75) is 32.7 Å². The first kappa shape index (κ1) is 14.6. The van der Waals surface area contributed by atoms with Gasteiger partial charge in [-0.3, -0.25) is 14.3 Å². The maximum absolute atomic E-state index is 12.3. The molecule has 1 fully saturated rings. The monoisotopic (exact) mass is 278 g/mol. The summed E-state index contributed by atoms with van der Waals surface area (Å²) in [7, 11) is 1.88. The van der Waals surface area contributed by atoms with E-state index in [1.165, 1.54) is 0 Å². The molecule has 0 radical (unpaired) electrons. The van der Waals surface area contributed by atoms with Crippen molar-refractivity contribution in [3.05, 3.63) is 18.0 Å². The van der Waals surface area contributed by atoms with E-state index in [9.17, 15) is 9.59 Å². The molecule has 0 aliphatic carbocycles. The average Bonchev–Trinajstić information content (AvgIpc) is 2.76. The Labute approximate surface area is 119 Å². The van der Waals surface area contributed by atoms with E-state index in [-0.39, 0.29) is 24.4 Å². The molecular weight excluding hydrogens is 256 g/mol. The van der Waals surface area contributed by atoms with E-state index >= 15 is 0 Å². The van der Waals surface area contributed by atoms with Crippen LogP contribution < -0.4 is 5.32 Å². The zero-order chi connectivity index (χ0) is 14.7. The van der Waals surface area contributed by atoms with Crippen molar-refractivity contribution in [3.63, 3.8) is 0 Å². The second-order valence-corrected chi connectivity index (χ2v) is 5.71. The summed E-state index contributed by atoms with van der Waals surface area (Å²) >= 11 is 0. The Balaban J connectivity index is 1.97. The quantitative estimate of drug-likeness (QED) is 0.844. The Morgan fingerprint density at radius 2 is 2.20 bits per heavy atom. The van der Waals surface area contributed by atoms with Crippen molar-refractivity contribution >= 4 is 11.8 Å². The second kappa shape index (κ2) is 6.07. The Bertz CT molecular complexity index is 495. The van der Waals surface area contributed by atoms with Crippen LogP contribution in [0.3, 0.4) is 0 Å². The van der Waals surface area contributed by atoms with Crippen molar-refractivity contribution in [1.29, 1.82) is 0 Å². The highest BCUT2D eigenvalue weighted by atomic mass is 16.2. The molecular formula is C14H22N4O2. The minimum atomic E-state index is -0.372. The number of carbonyl (C=O) groups excluding carboxylic acids is 2. The molecule has 0 aromatic carbocycles. The van der Waals surface area contributed by atoms with Gasteiger partial charge in [-0.1, -0.05) is 13.8 Å². The second-order valence-electron chi connectivity index (χ2n) is 5.71. The molecule has 1 aliphatic rings. The van der Waals surface area contributed by atoms with Crippen molar-refractivity contribution in [3.8, 4) is 0 Å². The highest BCUT2D eigenvalue weighted by molar-refractivity contribution is 5.94. The molecule has 0 bridgehead atoms. The topological polar surface area (TPSA) is 67.2 Å². The van der Waals surface area contributed by atoms with Gasteiger partial charge in [0.15, 0.2) is 0 Å². The molecule has 0 spiro atoms. The van der Waals surface area contributed by atoms with E-state index in [0.29, 0.717) is 25.3 Å². The maximum atomic E-state index is 12.3. The number of carbonyl (C=O) groups is 2. The van der Waals surface area contributed by atoms with Crippen LogP contribution in [0.5, 0.6) is 0 Å². The van der Waals surface area contributed by atoms with Crippen molar-refractivity contribution in [2.24, 2.45) is 13.0 Å². The number of hydrogen-bond donors (Lipinski definition) is 1. The normalized spacial score (nSPS) is 19.6. The van der Waals surface area contributed by atoms with Crippen LogP contribution in [0.15, 0.2) is 12.3 Å². The smallest absolute Gasteiger partial charge is 0.245 e. The first-order chi connectivity index (χ1) is 9.47. The van der Waals surface area contributed by atoms with Gasteiger partial charge in [-0.2, -0.15) is 5.10 Å². The third kappa shape index (κ3) is 3.37. The largest absolute Gasteiger partial charge is 0.343 e. The Hall–Kier alpha value is -1.85. The molecule has 0 saturated carbocycles. The molecule has 20 heavy (non-hydrogen) atoms. The van der Waals surface area contributed by atoms with Gasteiger partial charge in [0.25, 0.3) is 0 Å². The number of aryl methyl sites for hydroxylation is 1. The van der Waals surface area contributed by atoms with Crippen LogP contribution in [-0.4, -0.2) is 45.6 Å². The number of nitrogens with one attached hydrogen (secondary N) is 1. The molecule has 2 heterocycles. The van der Waals surface area contributed by atoms with Gasteiger partial charge in [-0.25, -0.2) is 0 Å². The Morgan fingerprint density at radius 1 is 1.45 bits per heavy atom. The van der Waals surface area contributed by atoms with Crippen LogP contribution in [0.25, 0.3) is 0 Å². The Kier molecular flexibility index (Phi) is 4.42. The maximum Gasteiger partial charge on any atom is 0.245 e. The van der Waals surface area contributed by atoms with Crippen molar-refractivity contribution in [1.82, 2.24) is 20.0 Å². The van der Waals surface area contributed by atoms with Gasteiger partial charge in [-0.15, -0.1) is 0 Å². The summed E-state index contributed by atoms with van der Waals surface area (Å²) in [6.07, 6.45) is 3.14. The van der Waals surface area contributed by atoms with E-state index in [4.69, 9.17) is 0 Å². The lowest BCUT2D eigenvalue weighted by atomic mass is 10.0. The van der Waals surface area contributed by atoms with E-state index in [0.717, 1.165) is 5.69 Å². The molecule has 6 heteroatoms. The Morgan fingerprint density at radius 3 is 2.80 bits per heavy atom. The standard InChI is InChI=1S/C14H22N4O2/c1-10(2)8-12-14(20)18(9-13(19)16-12)7-5-11-4-6-15-17(11)3/h4,6,10,12H,5,7-9H2,1-3H3,(H,16,19). The highest BCUT2D eigenvalue weighted by Crippen LogP contribution is 2.12. The van der Waals surface area contributed by atoms with Crippen LogP contribution in [-0.2, 0) is 23.1 Å². The molecule has 2 amide bonds. The molecule has 1 unspecified atom stereocenters. The summed E-state index contributed by atoms with van der Waals surface area (Å²) in [6, 6.07) is 1.56. The first-order valence-electron chi connectivity index (χ1n) is 7.02. The van der Waals surface area contributed by atoms with Crippen molar-refractivity contribution < 1.29 is 9.59 Å². The molecule has 1 N–H and O–H groups in total. The fourth-order valence-corrected chi connectivity index (χ4v) is 2.49. The van der Waals surface area contributed by atoms with E-state index in [1.807, 2.05) is 27.0 Å². The van der Waals surface area contributed by atoms with E-state index in [2.05, 4.69) is 10.4 Å². The highest BCUT2D eigenvalue weighted by Gasteiger charge is 2.32. The molecule has 1 atom stereocenters. The van der Waals surface area contributed by atoms with Gasteiger partial charge in [-0.05, 0) is 18.4 Å². The van der Waals surface area contributed by atoms with Gasteiger partial charge < -0.3 is 10.2 Å². The van der Waals surface area contributed by atoms with E-state index in [1.54, 1.807) is 15.8 Å². The van der Waals surface area contributed by atoms with Crippen LogP contribution >= 0.6 is 0 Å². The molecule has 1 aliphatic heterocycles. The first-order valence-corrected chi connectivity index (χ1v) is 7.02. The molecule has 6 nitrogen and oxygen atoms in total. The molecule has 1 aromatic heterocycles. The van der Waals surface area contributed by atoms with Gasteiger partial charge in [0.05, 0.1) is 6.54 Å². The summed E-state index contributed by atoms with van der Waals surface area (Å²) in [5.74, 6) is 0.335. The minimum Gasteiger partial charge on any atom is -0.343 e. The van der Waals surface area contributed by atoms with Crippen molar-refractivity contribution in [2.75, 3.05) is 13.1 Å². The molecule has 1 saturated heterocycles. The lowest BCUT2D eigenvalue weighted by Crippen LogP contribution is -2.58. The average molecular weight is 278 g/mol. The van der Waals surface area contributed by atoms with Gasteiger partial charge >= 0.3 is 0 Å².